The molecule has 0 heterocycles. The first-order valence-corrected chi connectivity index (χ1v) is 6.39. The minimum atomic E-state index is -0.316. The van der Waals surface area contributed by atoms with Gasteiger partial charge >= 0.3 is 0 Å². The van der Waals surface area contributed by atoms with Gasteiger partial charge in [-0.3, -0.25) is 4.79 Å². The van der Waals surface area contributed by atoms with E-state index in [0.717, 1.165) is 11.1 Å². The monoisotopic (exact) mass is 272 g/mol. The van der Waals surface area contributed by atoms with Crippen molar-refractivity contribution in [1.29, 1.82) is 0 Å². The minimum absolute atomic E-state index is 0.225. The van der Waals surface area contributed by atoms with Crippen molar-refractivity contribution in [2.24, 2.45) is 0 Å². The van der Waals surface area contributed by atoms with Crippen molar-refractivity contribution < 1.29 is 9.18 Å². The second-order valence-corrected chi connectivity index (χ2v) is 4.88. The molecular weight excluding hydrogens is 255 g/mol. The third kappa shape index (κ3) is 3.35. The van der Waals surface area contributed by atoms with E-state index in [1.807, 2.05) is 13.8 Å². The molecule has 0 spiro atoms. The number of nitrogens with two attached hydrogens (primary N) is 1. The van der Waals surface area contributed by atoms with Gasteiger partial charge in [-0.2, -0.15) is 0 Å². The summed E-state index contributed by atoms with van der Waals surface area (Å²) >= 11 is 0. The number of rotatable bonds is 3. The number of carbonyl (C=O) groups is 1. The summed E-state index contributed by atoms with van der Waals surface area (Å²) in [6, 6.07) is 11.1. The number of halogens is 1. The van der Waals surface area contributed by atoms with Crippen LogP contribution in [0.4, 0.5) is 10.1 Å². The largest absolute Gasteiger partial charge is 0.399 e. The van der Waals surface area contributed by atoms with E-state index in [2.05, 4.69) is 5.32 Å². The van der Waals surface area contributed by atoms with Crippen molar-refractivity contribution in [1.82, 2.24) is 5.32 Å². The Morgan fingerprint density at radius 2 is 2.00 bits per heavy atom. The first-order valence-electron chi connectivity index (χ1n) is 6.39. The van der Waals surface area contributed by atoms with Gasteiger partial charge in [-0.1, -0.05) is 12.1 Å². The number of benzene rings is 2. The molecule has 2 aromatic rings. The van der Waals surface area contributed by atoms with Crippen LogP contribution < -0.4 is 11.1 Å². The van der Waals surface area contributed by atoms with E-state index in [4.69, 9.17) is 5.73 Å². The Labute approximate surface area is 117 Å². The summed E-state index contributed by atoms with van der Waals surface area (Å²) in [5, 5.41) is 2.83. The molecular formula is C16H17FN2O. The van der Waals surface area contributed by atoms with Crippen molar-refractivity contribution in [2.75, 3.05) is 5.73 Å². The number of hydrogen-bond acceptors (Lipinski definition) is 2. The third-order valence-corrected chi connectivity index (χ3v) is 3.06. The van der Waals surface area contributed by atoms with Crippen LogP contribution in [0.5, 0.6) is 0 Å². The van der Waals surface area contributed by atoms with E-state index in [-0.39, 0.29) is 17.8 Å². The Hall–Kier alpha value is -2.36. The highest BCUT2D eigenvalue weighted by molar-refractivity contribution is 5.95. The van der Waals surface area contributed by atoms with Crippen molar-refractivity contribution in [3.63, 3.8) is 0 Å². The predicted octanol–water partition coefficient (Wildman–Crippen LogP) is 3.21. The topological polar surface area (TPSA) is 55.1 Å². The Morgan fingerprint density at radius 3 is 2.65 bits per heavy atom. The van der Waals surface area contributed by atoms with Crippen LogP contribution >= 0.6 is 0 Å². The summed E-state index contributed by atoms with van der Waals surface area (Å²) in [4.78, 5) is 12.2. The zero-order valence-corrected chi connectivity index (χ0v) is 11.5. The van der Waals surface area contributed by atoms with Crippen molar-refractivity contribution in [2.45, 2.75) is 19.9 Å². The van der Waals surface area contributed by atoms with Crippen LogP contribution in [0, 0.1) is 12.7 Å². The smallest absolute Gasteiger partial charge is 0.251 e. The molecule has 0 saturated carbocycles. The van der Waals surface area contributed by atoms with E-state index in [0.29, 0.717) is 11.3 Å². The fourth-order valence-electron chi connectivity index (χ4n) is 2.08. The Balaban J connectivity index is 2.15. The average molecular weight is 272 g/mol. The van der Waals surface area contributed by atoms with Gasteiger partial charge in [0.15, 0.2) is 0 Å². The SMILES string of the molecule is Cc1cc(N)cc(C(=O)NC(C)c2cccc(F)c2)c1. The zero-order valence-electron chi connectivity index (χ0n) is 11.5. The second kappa shape index (κ2) is 5.74. The molecule has 0 aliphatic rings. The Kier molecular flexibility index (Phi) is 4.03. The van der Waals surface area contributed by atoms with Gasteiger partial charge in [0.1, 0.15) is 5.82 Å². The van der Waals surface area contributed by atoms with E-state index in [9.17, 15) is 9.18 Å². The Bertz CT molecular complexity index is 620. The number of carbonyl (C=O) groups excluding carboxylic acids is 1. The fourth-order valence-corrected chi connectivity index (χ4v) is 2.08. The van der Waals surface area contributed by atoms with Crippen LogP contribution in [-0.2, 0) is 0 Å². The second-order valence-electron chi connectivity index (χ2n) is 4.88. The van der Waals surface area contributed by atoms with Gasteiger partial charge in [0.05, 0.1) is 6.04 Å². The van der Waals surface area contributed by atoms with Crippen molar-refractivity contribution in [3.05, 3.63) is 65.0 Å². The number of nitrogens with one attached hydrogen (secondary N) is 1. The standard InChI is InChI=1S/C16H17FN2O/c1-10-6-13(9-15(18)7-10)16(20)19-11(2)12-4-3-5-14(17)8-12/h3-9,11H,18H2,1-2H3,(H,19,20). The number of amides is 1. The van der Waals surface area contributed by atoms with Crippen LogP contribution in [-0.4, -0.2) is 5.91 Å². The lowest BCUT2D eigenvalue weighted by Gasteiger charge is -2.15. The Morgan fingerprint density at radius 1 is 1.25 bits per heavy atom. The normalized spacial score (nSPS) is 11.9. The van der Waals surface area contributed by atoms with Gasteiger partial charge in [-0.15, -0.1) is 0 Å². The highest BCUT2D eigenvalue weighted by Crippen LogP contribution is 2.16. The molecule has 1 unspecified atom stereocenters. The van der Waals surface area contributed by atoms with Crippen molar-refractivity contribution >= 4 is 11.6 Å². The molecule has 2 aromatic carbocycles. The average Bonchev–Trinajstić information content (AvgIpc) is 2.37. The first-order chi connectivity index (χ1) is 9.45. The first kappa shape index (κ1) is 14.1. The maximum atomic E-state index is 13.2. The molecule has 1 atom stereocenters. The maximum absolute atomic E-state index is 13.2. The highest BCUT2D eigenvalue weighted by Gasteiger charge is 2.12. The minimum Gasteiger partial charge on any atom is -0.399 e. The fraction of sp³-hybridized carbons (Fsp3) is 0.188. The molecule has 0 saturated heterocycles. The molecule has 1 amide bonds. The van der Waals surface area contributed by atoms with Gasteiger partial charge in [0, 0.05) is 11.3 Å². The summed E-state index contributed by atoms with van der Waals surface area (Å²) < 4.78 is 13.2. The highest BCUT2D eigenvalue weighted by atomic mass is 19.1. The van der Waals surface area contributed by atoms with Gasteiger partial charge in [0.25, 0.3) is 5.91 Å². The number of aryl methyl sites for hydroxylation is 1. The summed E-state index contributed by atoms with van der Waals surface area (Å²) in [5.74, 6) is -0.541. The lowest BCUT2D eigenvalue weighted by atomic mass is 10.1. The van der Waals surface area contributed by atoms with Gasteiger partial charge in [-0.25, -0.2) is 4.39 Å². The number of anilines is 1. The van der Waals surface area contributed by atoms with Crippen LogP contribution in [0.1, 0.15) is 34.5 Å². The van der Waals surface area contributed by atoms with E-state index in [1.165, 1.54) is 12.1 Å². The summed E-state index contributed by atoms with van der Waals surface area (Å²) in [6.07, 6.45) is 0. The van der Waals surface area contributed by atoms with Crippen LogP contribution in [0.3, 0.4) is 0 Å². The lowest BCUT2D eigenvalue weighted by molar-refractivity contribution is 0.0939. The van der Waals surface area contributed by atoms with E-state index < -0.39 is 0 Å². The quantitative estimate of drug-likeness (QED) is 0.843. The molecule has 0 aliphatic heterocycles. The maximum Gasteiger partial charge on any atom is 0.251 e. The van der Waals surface area contributed by atoms with Gasteiger partial charge < -0.3 is 11.1 Å². The predicted molar refractivity (Wildman–Crippen MR) is 77.9 cm³/mol. The summed E-state index contributed by atoms with van der Waals surface area (Å²) in [6.45, 7) is 3.69. The molecule has 4 heteroatoms. The van der Waals surface area contributed by atoms with E-state index in [1.54, 1.807) is 30.3 Å². The van der Waals surface area contributed by atoms with Crippen LogP contribution in [0.25, 0.3) is 0 Å². The summed E-state index contributed by atoms with van der Waals surface area (Å²) in [7, 11) is 0. The molecule has 2 rings (SSSR count). The molecule has 104 valence electrons. The van der Waals surface area contributed by atoms with E-state index >= 15 is 0 Å². The molecule has 0 aromatic heterocycles. The lowest BCUT2D eigenvalue weighted by Crippen LogP contribution is -2.26. The third-order valence-electron chi connectivity index (χ3n) is 3.06. The summed E-state index contributed by atoms with van der Waals surface area (Å²) in [5.41, 5.74) is 8.43. The molecule has 0 bridgehead atoms. The van der Waals surface area contributed by atoms with Gasteiger partial charge in [0.2, 0.25) is 0 Å². The molecule has 3 N–H and O–H groups in total. The van der Waals surface area contributed by atoms with Crippen LogP contribution in [0.15, 0.2) is 42.5 Å². The number of hydrogen-bond donors (Lipinski definition) is 2. The molecule has 3 nitrogen and oxygen atoms in total. The molecule has 0 radical (unpaired) electrons. The van der Waals surface area contributed by atoms with Crippen molar-refractivity contribution in [3.8, 4) is 0 Å². The van der Waals surface area contributed by atoms with Gasteiger partial charge in [-0.05, 0) is 55.3 Å². The molecule has 0 aliphatic carbocycles. The number of nitrogen functional groups attached to an aromatic ring is 1. The zero-order chi connectivity index (χ0) is 14.7. The molecule has 0 fully saturated rings. The molecule has 20 heavy (non-hydrogen) atoms. The van der Waals surface area contributed by atoms with Crippen LogP contribution in [0.2, 0.25) is 0 Å².